The summed E-state index contributed by atoms with van der Waals surface area (Å²) in [6.07, 6.45) is 0. The summed E-state index contributed by atoms with van der Waals surface area (Å²) in [6.45, 7) is 7.21. The van der Waals surface area contributed by atoms with Gasteiger partial charge in [-0.3, -0.25) is 4.68 Å². The second-order valence-electron chi connectivity index (χ2n) is 6.61. The van der Waals surface area contributed by atoms with Crippen molar-refractivity contribution in [1.82, 2.24) is 15.1 Å². The summed E-state index contributed by atoms with van der Waals surface area (Å²) in [7, 11) is 2.02. The summed E-state index contributed by atoms with van der Waals surface area (Å²) in [5, 5.41) is 17.3. The quantitative estimate of drug-likeness (QED) is 0.704. The smallest absolute Gasteiger partial charge is 0.131 e. The first-order valence-corrected chi connectivity index (χ1v) is 10.5. The predicted octanol–water partition coefficient (Wildman–Crippen LogP) is 2.46. The van der Waals surface area contributed by atoms with Crippen LogP contribution in [0.1, 0.15) is 22.4 Å². The molecule has 0 saturated carbocycles. The monoisotopic (exact) mass is 385 g/mol. The molecular formula is C20H27N5OS. The van der Waals surface area contributed by atoms with Gasteiger partial charge in [0.15, 0.2) is 0 Å². The fourth-order valence-electron chi connectivity index (χ4n) is 3.36. The molecule has 1 aliphatic rings. The molecule has 144 valence electrons. The number of aromatic nitrogens is 2. The molecule has 0 bridgehead atoms. The Hall–Kier alpha value is -2.01. The van der Waals surface area contributed by atoms with E-state index in [2.05, 4.69) is 28.3 Å². The molecular weight excluding hydrogens is 358 g/mol. The Labute approximate surface area is 165 Å². The molecule has 1 aliphatic heterocycles. The standard InChI is InChI=1S/C20H27N5OS/c1-16-19(20(24(2)23-16)25-8-10-26-11-9-25)14-22-7-12-27-15-18-6-4-3-5-17(18)13-21/h3-6,22H,7-12,14-15H2,1-2H3. The van der Waals surface area contributed by atoms with E-state index >= 15 is 0 Å². The van der Waals surface area contributed by atoms with Crippen LogP contribution in [-0.2, 0) is 24.1 Å². The number of hydrogen-bond acceptors (Lipinski definition) is 6. The van der Waals surface area contributed by atoms with Crippen LogP contribution in [0, 0.1) is 18.3 Å². The molecule has 3 rings (SSSR count). The SMILES string of the molecule is Cc1nn(C)c(N2CCOCC2)c1CNCCSCc1ccccc1C#N. The Morgan fingerprint density at radius 1 is 1.30 bits per heavy atom. The van der Waals surface area contributed by atoms with E-state index in [-0.39, 0.29) is 0 Å². The highest BCUT2D eigenvalue weighted by Crippen LogP contribution is 2.24. The molecule has 1 saturated heterocycles. The number of thioether (sulfide) groups is 1. The molecule has 27 heavy (non-hydrogen) atoms. The van der Waals surface area contributed by atoms with Crippen molar-refractivity contribution in [2.24, 2.45) is 7.05 Å². The van der Waals surface area contributed by atoms with Crippen molar-refractivity contribution in [3.63, 3.8) is 0 Å². The topological polar surface area (TPSA) is 66.1 Å². The van der Waals surface area contributed by atoms with E-state index in [1.807, 2.05) is 47.8 Å². The molecule has 0 aliphatic carbocycles. The first kappa shape index (κ1) is 19.7. The van der Waals surface area contributed by atoms with Gasteiger partial charge in [-0.1, -0.05) is 18.2 Å². The van der Waals surface area contributed by atoms with Crippen LogP contribution in [0.15, 0.2) is 24.3 Å². The minimum absolute atomic E-state index is 0.776. The van der Waals surface area contributed by atoms with Crippen LogP contribution in [0.5, 0.6) is 0 Å². The van der Waals surface area contributed by atoms with E-state index in [1.54, 1.807) is 0 Å². The molecule has 1 aromatic heterocycles. The molecule has 6 nitrogen and oxygen atoms in total. The van der Waals surface area contributed by atoms with Gasteiger partial charge in [0, 0.05) is 50.3 Å². The van der Waals surface area contributed by atoms with Gasteiger partial charge in [0.05, 0.1) is 30.5 Å². The van der Waals surface area contributed by atoms with Gasteiger partial charge in [-0.25, -0.2) is 0 Å². The van der Waals surface area contributed by atoms with Crippen LogP contribution in [0.3, 0.4) is 0 Å². The van der Waals surface area contributed by atoms with Crippen molar-refractivity contribution < 1.29 is 4.74 Å². The number of anilines is 1. The highest BCUT2D eigenvalue weighted by molar-refractivity contribution is 7.98. The van der Waals surface area contributed by atoms with Gasteiger partial charge in [0.25, 0.3) is 0 Å². The lowest BCUT2D eigenvalue weighted by molar-refractivity contribution is 0.122. The van der Waals surface area contributed by atoms with E-state index in [0.717, 1.165) is 67.7 Å². The number of ether oxygens (including phenoxy) is 1. The first-order valence-electron chi connectivity index (χ1n) is 9.32. The summed E-state index contributed by atoms with van der Waals surface area (Å²) < 4.78 is 7.47. The van der Waals surface area contributed by atoms with Gasteiger partial charge >= 0.3 is 0 Å². The number of hydrogen-bond donors (Lipinski definition) is 1. The van der Waals surface area contributed by atoms with Crippen LogP contribution in [0.2, 0.25) is 0 Å². The molecule has 0 atom stereocenters. The predicted molar refractivity (Wildman–Crippen MR) is 110 cm³/mol. The number of morpholine rings is 1. The second kappa shape index (κ2) is 9.79. The summed E-state index contributed by atoms with van der Waals surface area (Å²) >= 11 is 1.85. The number of nitrogens with one attached hydrogen (secondary N) is 1. The largest absolute Gasteiger partial charge is 0.378 e. The minimum atomic E-state index is 0.776. The van der Waals surface area contributed by atoms with Crippen LogP contribution in [0.25, 0.3) is 0 Å². The van der Waals surface area contributed by atoms with Crippen molar-refractivity contribution in [1.29, 1.82) is 5.26 Å². The van der Waals surface area contributed by atoms with Gasteiger partial charge in [-0.2, -0.15) is 22.1 Å². The summed E-state index contributed by atoms with van der Waals surface area (Å²) in [4.78, 5) is 2.37. The average molecular weight is 386 g/mol. The van der Waals surface area contributed by atoms with Crippen LogP contribution >= 0.6 is 11.8 Å². The molecule has 0 spiro atoms. The van der Waals surface area contributed by atoms with E-state index < -0.39 is 0 Å². The highest BCUT2D eigenvalue weighted by atomic mass is 32.2. The van der Waals surface area contributed by atoms with Gasteiger partial charge in [-0.15, -0.1) is 0 Å². The molecule has 1 aromatic carbocycles. The lowest BCUT2D eigenvalue weighted by atomic mass is 10.1. The van der Waals surface area contributed by atoms with Crippen molar-refractivity contribution in [3.05, 3.63) is 46.6 Å². The zero-order valence-corrected chi connectivity index (χ0v) is 16.9. The number of nitrogens with zero attached hydrogens (tertiary/aromatic N) is 4. The Bertz CT molecular complexity index is 792. The first-order chi connectivity index (χ1) is 13.2. The highest BCUT2D eigenvalue weighted by Gasteiger charge is 2.20. The van der Waals surface area contributed by atoms with Crippen LogP contribution in [-0.4, -0.2) is 48.4 Å². The molecule has 0 unspecified atom stereocenters. The summed E-state index contributed by atoms with van der Waals surface area (Å²) in [6, 6.07) is 10.1. The molecule has 7 heteroatoms. The molecule has 2 aromatic rings. The average Bonchev–Trinajstić information content (AvgIpc) is 2.98. The van der Waals surface area contributed by atoms with Gasteiger partial charge in [0.1, 0.15) is 5.82 Å². The maximum absolute atomic E-state index is 9.16. The van der Waals surface area contributed by atoms with Gasteiger partial charge in [0.2, 0.25) is 0 Å². The fourth-order valence-corrected chi connectivity index (χ4v) is 4.27. The third-order valence-corrected chi connectivity index (χ3v) is 5.75. The van der Waals surface area contributed by atoms with Crippen molar-refractivity contribution in [2.75, 3.05) is 43.5 Å². The second-order valence-corrected chi connectivity index (χ2v) is 7.71. The maximum Gasteiger partial charge on any atom is 0.131 e. The number of aryl methyl sites for hydroxylation is 2. The fraction of sp³-hybridized carbons (Fsp3) is 0.500. The molecule has 0 radical (unpaired) electrons. The molecule has 1 fully saturated rings. The Morgan fingerprint density at radius 2 is 2.07 bits per heavy atom. The lowest BCUT2D eigenvalue weighted by Gasteiger charge is -2.29. The Kier molecular flexibility index (Phi) is 7.16. The number of nitriles is 1. The minimum Gasteiger partial charge on any atom is -0.378 e. The third kappa shape index (κ3) is 5.04. The zero-order chi connectivity index (χ0) is 19.1. The number of benzene rings is 1. The van der Waals surface area contributed by atoms with Gasteiger partial charge in [-0.05, 0) is 18.6 Å². The van der Waals surface area contributed by atoms with Crippen LogP contribution in [0.4, 0.5) is 5.82 Å². The van der Waals surface area contributed by atoms with Crippen molar-refractivity contribution in [3.8, 4) is 6.07 Å². The molecule has 0 amide bonds. The molecule has 2 heterocycles. The normalized spacial score (nSPS) is 14.3. The Balaban J connectivity index is 1.47. The van der Waals surface area contributed by atoms with Crippen molar-refractivity contribution in [2.45, 2.75) is 19.2 Å². The third-order valence-electron chi connectivity index (χ3n) is 4.74. The molecule has 1 N–H and O–H groups in total. The maximum atomic E-state index is 9.16. The van der Waals surface area contributed by atoms with E-state index in [0.29, 0.717) is 0 Å². The zero-order valence-electron chi connectivity index (χ0n) is 16.1. The van der Waals surface area contributed by atoms with Crippen molar-refractivity contribution >= 4 is 17.6 Å². The van der Waals surface area contributed by atoms with Gasteiger partial charge < -0.3 is 15.0 Å². The lowest BCUT2D eigenvalue weighted by Crippen LogP contribution is -2.38. The van der Waals surface area contributed by atoms with E-state index in [1.165, 1.54) is 11.4 Å². The summed E-state index contributed by atoms with van der Waals surface area (Å²) in [5.74, 6) is 3.08. The van der Waals surface area contributed by atoms with Crippen LogP contribution < -0.4 is 10.2 Å². The number of rotatable bonds is 8. The Morgan fingerprint density at radius 3 is 2.85 bits per heavy atom. The van der Waals surface area contributed by atoms with E-state index in [4.69, 9.17) is 10.00 Å². The summed E-state index contributed by atoms with van der Waals surface area (Å²) in [5.41, 5.74) is 4.25. The van der Waals surface area contributed by atoms with E-state index in [9.17, 15) is 0 Å².